The van der Waals surface area contributed by atoms with Crippen LogP contribution in [0.3, 0.4) is 0 Å². The largest absolute Gasteiger partial charge is 0.433 e. The van der Waals surface area contributed by atoms with Crippen molar-refractivity contribution in [1.29, 1.82) is 0 Å². The zero-order valence-electron chi connectivity index (χ0n) is 9.03. The fourth-order valence-electron chi connectivity index (χ4n) is 1.10. The number of nitrogens with two attached hydrogens (primary N) is 1. The molecule has 0 saturated carbocycles. The zero-order chi connectivity index (χ0) is 13.1. The van der Waals surface area contributed by atoms with E-state index < -0.39 is 17.8 Å². The summed E-state index contributed by atoms with van der Waals surface area (Å²) in [7, 11) is 0. The van der Waals surface area contributed by atoms with Gasteiger partial charge in [-0.1, -0.05) is 6.92 Å². The van der Waals surface area contributed by atoms with Gasteiger partial charge in [-0.3, -0.25) is 0 Å². The van der Waals surface area contributed by atoms with Crippen LogP contribution in [0, 0.1) is 0 Å². The highest BCUT2D eigenvalue weighted by atomic mass is 32.2. The molecule has 0 aliphatic carbocycles. The van der Waals surface area contributed by atoms with E-state index in [1.54, 1.807) is 6.92 Å². The van der Waals surface area contributed by atoms with Gasteiger partial charge in [0.15, 0.2) is 5.69 Å². The molecular formula is C9H12F3N3OS. The molecule has 0 aliphatic heterocycles. The van der Waals surface area contributed by atoms with E-state index in [9.17, 15) is 13.2 Å². The van der Waals surface area contributed by atoms with Crippen LogP contribution in [0.2, 0.25) is 0 Å². The third-order valence-corrected chi connectivity index (χ3v) is 2.96. The van der Waals surface area contributed by atoms with Crippen LogP contribution in [-0.4, -0.2) is 26.9 Å². The van der Waals surface area contributed by atoms with Crippen LogP contribution >= 0.6 is 11.8 Å². The van der Waals surface area contributed by atoms with Crippen LogP contribution in [0.15, 0.2) is 11.1 Å². The van der Waals surface area contributed by atoms with Gasteiger partial charge >= 0.3 is 6.18 Å². The number of alkyl halides is 3. The minimum absolute atomic E-state index is 0.0269. The molecule has 0 aromatic carbocycles. The van der Waals surface area contributed by atoms with Crippen LogP contribution in [-0.2, 0) is 6.18 Å². The molecule has 1 aromatic heterocycles. The summed E-state index contributed by atoms with van der Waals surface area (Å²) in [6.45, 7) is 1.76. The number of halogens is 3. The molecule has 3 N–H and O–H groups in total. The van der Waals surface area contributed by atoms with E-state index in [1.807, 2.05) is 0 Å². The van der Waals surface area contributed by atoms with Gasteiger partial charge in [0.2, 0.25) is 5.95 Å². The summed E-state index contributed by atoms with van der Waals surface area (Å²) in [6, 6.07) is 0.856. The molecule has 0 bridgehead atoms. The van der Waals surface area contributed by atoms with E-state index in [0.29, 0.717) is 6.42 Å². The molecule has 96 valence electrons. The van der Waals surface area contributed by atoms with Crippen molar-refractivity contribution in [3.63, 3.8) is 0 Å². The van der Waals surface area contributed by atoms with E-state index >= 15 is 0 Å². The molecule has 0 radical (unpaired) electrons. The van der Waals surface area contributed by atoms with Crippen molar-refractivity contribution in [1.82, 2.24) is 9.97 Å². The second kappa shape index (κ2) is 5.54. The van der Waals surface area contributed by atoms with Crippen LogP contribution in [0.5, 0.6) is 0 Å². The predicted octanol–water partition coefficient (Wildman–Crippen LogP) is 1.94. The van der Waals surface area contributed by atoms with Gasteiger partial charge in [0, 0.05) is 17.9 Å². The molecular weight excluding hydrogens is 255 g/mol. The Hall–Kier alpha value is -1.02. The smallest absolute Gasteiger partial charge is 0.396 e. The summed E-state index contributed by atoms with van der Waals surface area (Å²) >= 11 is 1.12. The average molecular weight is 267 g/mol. The number of aliphatic hydroxyl groups excluding tert-OH is 1. The number of nitrogen functional groups attached to an aromatic ring is 1. The second-order valence-electron chi connectivity index (χ2n) is 3.39. The number of hydrogen-bond donors (Lipinski definition) is 2. The summed E-state index contributed by atoms with van der Waals surface area (Å²) in [5.41, 5.74) is 4.17. The molecule has 0 fully saturated rings. The van der Waals surface area contributed by atoms with Gasteiger partial charge in [-0.15, -0.1) is 11.8 Å². The van der Waals surface area contributed by atoms with Crippen molar-refractivity contribution < 1.29 is 18.3 Å². The maximum atomic E-state index is 12.4. The highest BCUT2D eigenvalue weighted by Crippen LogP contribution is 2.31. The zero-order valence-corrected chi connectivity index (χ0v) is 9.85. The Bertz CT molecular complexity index is 386. The standard InChI is InChI=1S/C9H12F3N3OS/c1-5(2-3-16)17-7-4-6(9(10,11)12)14-8(13)15-7/h4-5,16H,2-3H2,1H3,(H2,13,14,15). The number of aliphatic hydroxyl groups is 1. The number of rotatable bonds is 4. The van der Waals surface area contributed by atoms with Crippen molar-refractivity contribution in [2.24, 2.45) is 0 Å². The summed E-state index contributed by atoms with van der Waals surface area (Å²) in [5.74, 6) is -0.404. The molecule has 0 amide bonds. The second-order valence-corrected chi connectivity index (χ2v) is 4.85. The first-order valence-corrected chi connectivity index (χ1v) is 5.70. The number of hydrogen-bond acceptors (Lipinski definition) is 5. The number of aromatic nitrogens is 2. The normalized spacial score (nSPS) is 13.7. The SMILES string of the molecule is CC(CCO)Sc1cc(C(F)(F)F)nc(N)n1. The lowest BCUT2D eigenvalue weighted by atomic mass is 10.3. The summed E-state index contributed by atoms with van der Waals surface area (Å²) in [6.07, 6.45) is -4.07. The van der Waals surface area contributed by atoms with Gasteiger partial charge in [-0.05, 0) is 6.42 Å². The molecule has 0 saturated heterocycles. The van der Waals surface area contributed by atoms with E-state index in [0.717, 1.165) is 17.8 Å². The lowest BCUT2D eigenvalue weighted by molar-refractivity contribution is -0.141. The first-order chi connectivity index (χ1) is 7.82. The minimum Gasteiger partial charge on any atom is -0.396 e. The van der Waals surface area contributed by atoms with Gasteiger partial charge in [0.05, 0.1) is 0 Å². The third-order valence-electron chi connectivity index (χ3n) is 1.87. The Morgan fingerprint density at radius 3 is 2.65 bits per heavy atom. The monoisotopic (exact) mass is 267 g/mol. The first-order valence-electron chi connectivity index (χ1n) is 4.82. The van der Waals surface area contributed by atoms with E-state index in [4.69, 9.17) is 10.8 Å². The van der Waals surface area contributed by atoms with E-state index in [-0.39, 0.29) is 16.9 Å². The Kier molecular flexibility index (Phi) is 4.58. The molecule has 1 heterocycles. The fraction of sp³-hybridized carbons (Fsp3) is 0.556. The molecule has 1 atom stereocenters. The van der Waals surface area contributed by atoms with Crippen LogP contribution in [0.4, 0.5) is 19.1 Å². The van der Waals surface area contributed by atoms with Gasteiger partial charge in [-0.25, -0.2) is 9.97 Å². The lowest BCUT2D eigenvalue weighted by Crippen LogP contribution is -2.11. The quantitative estimate of drug-likeness (QED) is 0.644. The van der Waals surface area contributed by atoms with Crippen LogP contribution in [0.1, 0.15) is 19.0 Å². The Labute approximate surface area is 100 Å². The topological polar surface area (TPSA) is 72.0 Å². The van der Waals surface area contributed by atoms with Crippen molar-refractivity contribution >= 4 is 17.7 Å². The number of thioether (sulfide) groups is 1. The Morgan fingerprint density at radius 1 is 1.47 bits per heavy atom. The molecule has 1 unspecified atom stereocenters. The van der Waals surface area contributed by atoms with Crippen molar-refractivity contribution in [3.8, 4) is 0 Å². The van der Waals surface area contributed by atoms with Crippen molar-refractivity contribution in [2.75, 3.05) is 12.3 Å². The van der Waals surface area contributed by atoms with Gasteiger partial charge < -0.3 is 10.8 Å². The average Bonchev–Trinajstić information content (AvgIpc) is 2.15. The molecule has 8 heteroatoms. The summed E-state index contributed by atoms with van der Waals surface area (Å²) in [4.78, 5) is 6.85. The Morgan fingerprint density at radius 2 is 2.12 bits per heavy atom. The Balaban J connectivity index is 2.90. The van der Waals surface area contributed by atoms with Crippen molar-refractivity contribution in [2.45, 2.75) is 29.8 Å². The lowest BCUT2D eigenvalue weighted by Gasteiger charge is -2.11. The van der Waals surface area contributed by atoms with Gasteiger partial charge in [0.25, 0.3) is 0 Å². The van der Waals surface area contributed by atoms with Gasteiger partial charge in [-0.2, -0.15) is 13.2 Å². The highest BCUT2D eigenvalue weighted by molar-refractivity contribution is 7.99. The van der Waals surface area contributed by atoms with E-state index in [2.05, 4.69) is 9.97 Å². The van der Waals surface area contributed by atoms with Gasteiger partial charge in [0.1, 0.15) is 5.03 Å². The highest BCUT2D eigenvalue weighted by Gasteiger charge is 2.33. The molecule has 0 spiro atoms. The summed E-state index contributed by atoms with van der Waals surface area (Å²) < 4.78 is 37.3. The molecule has 0 aliphatic rings. The van der Waals surface area contributed by atoms with E-state index in [1.165, 1.54) is 0 Å². The molecule has 4 nitrogen and oxygen atoms in total. The number of anilines is 1. The molecule has 1 aromatic rings. The third kappa shape index (κ3) is 4.39. The fourth-order valence-corrected chi connectivity index (χ4v) is 2.06. The predicted molar refractivity (Wildman–Crippen MR) is 58.5 cm³/mol. The summed E-state index contributed by atoms with van der Waals surface area (Å²) in [5, 5.41) is 8.81. The maximum Gasteiger partial charge on any atom is 0.433 e. The minimum atomic E-state index is -4.54. The van der Waals surface area contributed by atoms with Crippen LogP contribution < -0.4 is 5.73 Å². The van der Waals surface area contributed by atoms with Crippen molar-refractivity contribution in [3.05, 3.63) is 11.8 Å². The maximum absolute atomic E-state index is 12.4. The first kappa shape index (κ1) is 14.0. The van der Waals surface area contributed by atoms with Crippen LogP contribution in [0.25, 0.3) is 0 Å². The molecule has 1 rings (SSSR count). The number of nitrogens with zero attached hydrogens (tertiary/aromatic N) is 2. The molecule has 17 heavy (non-hydrogen) atoms.